The van der Waals surface area contributed by atoms with Crippen LogP contribution in [0.1, 0.15) is 68.9 Å². The predicted molar refractivity (Wildman–Crippen MR) is 80.3 cm³/mol. The first kappa shape index (κ1) is 15.0. The van der Waals surface area contributed by atoms with E-state index in [1.807, 2.05) is 19.1 Å². The molecular weight excluding hydrogens is 249 g/mol. The Kier molecular flexibility index (Phi) is 5.59. The minimum absolute atomic E-state index is 0.575. The maximum Gasteiger partial charge on any atom is 0.100 e. The van der Waals surface area contributed by atoms with Gasteiger partial charge < -0.3 is 0 Å². The Labute approximate surface area is 121 Å². The molecule has 1 atom stereocenters. The number of rotatable bonds is 5. The van der Waals surface area contributed by atoms with Crippen molar-refractivity contribution in [3.63, 3.8) is 0 Å². The van der Waals surface area contributed by atoms with Crippen LogP contribution in [0.5, 0.6) is 0 Å². The quantitative estimate of drug-likeness (QED) is 0.708. The molecule has 0 heterocycles. The van der Waals surface area contributed by atoms with Gasteiger partial charge in [0.2, 0.25) is 0 Å². The lowest BCUT2D eigenvalue weighted by atomic mass is 9.76. The van der Waals surface area contributed by atoms with Gasteiger partial charge in [-0.15, -0.1) is 0 Å². The number of halogens is 1. The van der Waals surface area contributed by atoms with Crippen molar-refractivity contribution in [1.82, 2.24) is 0 Å². The standard InChI is InChI=1S/C18H24FN/c1-2-3-18(19)12-14-4-8-16(9-5-14)17-10-6-15(13-20)7-11-17/h6-7,10-11,14,16,18H,2-5,8-9,12H2,1H3. The van der Waals surface area contributed by atoms with Crippen LogP contribution in [0, 0.1) is 17.2 Å². The first-order chi connectivity index (χ1) is 9.72. The number of hydrogen-bond acceptors (Lipinski definition) is 1. The van der Waals surface area contributed by atoms with Gasteiger partial charge in [-0.1, -0.05) is 25.5 Å². The first-order valence-electron chi connectivity index (χ1n) is 7.87. The van der Waals surface area contributed by atoms with Crippen molar-refractivity contribution in [2.75, 3.05) is 0 Å². The largest absolute Gasteiger partial charge is 0.247 e. The van der Waals surface area contributed by atoms with Gasteiger partial charge >= 0.3 is 0 Å². The zero-order chi connectivity index (χ0) is 14.4. The number of nitriles is 1. The SMILES string of the molecule is CCCC(F)CC1CCC(c2ccc(C#N)cc2)CC1. The summed E-state index contributed by atoms with van der Waals surface area (Å²) in [6.07, 6.45) is 6.44. The van der Waals surface area contributed by atoms with Crippen molar-refractivity contribution in [3.8, 4) is 6.07 Å². The fraction of sp³-hybridized carbons (Fsp3) is 0.611. The second-order valence-corrected chi connectivity index (χ2v) is 6.07. The molecule has 0 saturated heterocycles. The average Bonchev–Trinajstić information content (AvgIpc) is 2.48. The Hall–Kier alpha value is -1.36. The lowest BCUT2D eigenvalue weighted by Gasteiger charge is -2.29. The third kappa shape index (κ3) is 4.07. The molecule has 0 spiro atoms. The van der Waals surface area contributed by atoms with Crippen molar-refractivity contribution in [3.05, 3.63) is 35.4 Å². The Balaban J connectivity index is 1.83. The molecule has 0 N–H and O–H groups in total. The van der Waals surface area contributed by atoms with Gasteiger partial charge in [-0.25, -0.2) is 4.39 Å². The lowest BCUT2D eigenvalue weighted by molar-refractivity contribution is 0.212. The van der Waals surface area contributed by atoms with Crippen molar-refractivity contribution in [2.24, 2.45) is 5.92 Å². The van der Waals surface area contributed by atoms with Crippen LogP contribution >= 0.6 is 0 Å². The summed E-state index contributed by atoms with van der Waals surface area (Å²) >= 11 is 0. The van der Waals surface area contributed by atoms with Gasteiger partial charge in [0.15, 0.2) is 0 Å². The van der Waals surface area contributed by atoms with Crippen LogP contribution in [0.3, 0.4) is 0 Å². The molecule has 1 aliphatic rings. The Morgan fingerprint density at radius 3 is 2.40 bits per heavy atom. The highest BCUT2D eigenvalue weighted by molar-refractivity contribution is 5.33. The van der Waals surface area contributed by atoms with E-state index < -0.39 is 6.17 Å². The van der Waals surface area contributed by atoms with Crippen LogP contribution in [-0.2, 0) is 0 Å². The zero-order valence-electron chi connectivity index (χ0n) is 12.3. The minimum Gasteiger partial charge on any atom is -0.247 e. The summed E-state index contributed by atoms with van der Waals surface area (Å²) < 4.78 is 13.7. The van der Waals surface area contributed by atoms with Crippen molar-refractivity contribution in [2.45, 2.75) is 64.0 Å². The van der Waals surface area contributed by atoms with Crippen LogP contribution in [0.15, 0.2) is 24.3 Å². The number of nitrogens with zero attached hydrogens (tertiary/aromatic N) is 1. The minimum atomic E-state index is -0.600. The summed E-state index contributed by atoms with van der Waals surface area (Å²) in [4.78, 5) is 0. The summed E-state index contributed by atoms with van der Waals surface area (Å²) in [6.45, 7) is 2.05. The molecule has 0 aliphatic heterocycles. The third-order valence-electron chi connectivity index (χ3n) is 4.55. The highest BCUT2D eigenvalue weighted by Gasteiger charge is 2.24. The number of alkyl halides is 1. The number of hydrogen-bond donors (Lipinski definition) is 0. The van der Waals surface area contributed by atoms with Gasteiger partial charge in [0.25, 0.3) is 0 Å². The summed E-state index contributed by atoms with van der Waals surface area (Å²) in [5, 5.41) is 8.82. The molecule has 1 saturated carbocycles. The molecule has 20 heavy (non-hydrogen) atoms. The maximum absolute atomic E-state index is 13.7. The topological polar surface area (TPSA) is 23.8 Å². The highest BCUT2D eigenvalue weighted by Crippen LogP contribution is 2.38. The van der Waals surface area contributed by atoms with Crippen molar-refractivity contribution < 1.29 is 4.39 Å². The molecule has 1 unspecified atom stereocenters. The molecule has 0 amide bonds. The second-order valence-electron chi connectivity index (χ2n) is 6.07. The molecule has 2 rings (SSSR count). The van der Waals surface area contributed by atoms with Crippen LogP contribution in [0.2, 0.25) is 0 Å². The van der Waals surface area contributed by atoms with Crippen LogP contribution in [0.25, 0.3) is 0 Å². The molecule has 1 aliphatic carbocycles. The van der Waals surface area contributed by atoms with Crippen LogP contribution < -0.4 is 0 Å². The zero-order valence-corrected chi connectivity index (χ0v) is 12.3. The predicted octanol–water partition coefficient (Wildman–Crippen LogP) is 5.36. The number of benzene rings is 1. The fourth-order valence-electron chi connectivity index (χ4n) is 3.35. The average molecular weight is 273 g/mol. The first-order valence-corrected chi connectivity index (χ1v) is 7.87. The van der Waals surface area contributed by atoms with E-state index in [1.165, 1.54) is 5.56 Å². The summed E-state index contributed by atoms with van der Waals surface area (Å²) in [5.74, 6) is 1.18. The van der Waals surface area contributed by atoms with Gasteiger partial charge in [-0.05, 0) is 68.1 Å². The van der Waals surface area contributed by atoms with Crippen LogP contribution in [-0.4, -0.2) is 6.17 Å². The van der Waals surface area contributed by atoms with Gasteiger partial charge in [0.1, 0.15) is 6.17 Å². The third-order valence-corrected chi connectivity index (χ3v) is 4.55. The molecule has 1 aromatic rings. The summed E-state index contributed by atoms with van der Waals surface area (Å²) in [5.41, 5.74) is 2.06. The Morgan fingerprint density at radius 2 is 1.85 bits per heavy atom. The van der Waals surface area contributed by atoms with Gasteiger partial charge in [-0.3, -0.25) is 0 Å². The Bertz CT molecular complexity index is 437. The molecule has 1 fully saturated rings. The van der Waals surface area contributed by atoms with E-state index in [0.717, 1.165) is 50.5 Å². The molecule has 2 heteroatoms. The highest BCUT2D eigenvalue weighted by atomic mass is 19.1. The maximum atomic E-state index is 13.7. The molecular formula is C18H24FN. The van der Waals surface area contributed by atoms with E-state index in [1.54, 1.807) is 0 Å². The summed E-state index contributed by atoms with van der Waals surface area (Å²) in [7, 11) is 0. The molecule has 1 aromatic carbocycles. The van der Waals surface area contributed by atoms with E-state index in [9.17, 15) is 4.39 Å². The summed E-state index contributed by atoms with van der Waals surface area (Å²) in [6, 6.07) is 10.1. The van der Waals surface area contributed by atoms with Gasteiger partial charge in [0.05, 0.1) is 11.6 Å². The molecule has 108 valence electrons. The molecule has 0 radical (unpaired) electrons. The van der Waals surface area contributed by atoms with Crippen LogP contribution in [0.4, 0.5) is 4.39 Å². The smallest absolute Gasteiger partial charge is 0.100 e. The van der Waals surface area contributed by atoms with Gasteiger partial charge in [-0.2, -0.15) is 5.26 Å². The monoisotopic (exact) mass is 273 g/mol. The molecule has 0 aromatic heterocycles. The Morgan fingerprint density at radius 1 is 1.20 bits per heavy atom. The van der Waals surface area contributed by atoms with E-state index in [4.69, 9.17) is 5.26 Å². The van der Waals surface area contributed by atoms with Gasteiger partial charge in [0, 0.05) is 0 Å². The normalized spacial score (nSPS) is 24.1. The van der Waals surface area contributed by atoms with E-state index in [-0.39, 0.29) is 0 Å². The fourth-order valence-corrected chi connectivity index (χ4v) is 3.35. The second kappa shape index (κ2) is 7.43. The van der Waals surface area contributed by atoms with Crippen molar-refractivity contribution >= 4 is 0 Å². The van der Waals surface area contributed by atoms with Crippen molar-refractivity contribution in [1.29, 1.82) is 5.26 Å². The molecule has 1 nitrogen and oxygen atoms in total. The van der Waals surface area contributed by atoms with E-state index in [0.29, 0.717) is 11.8 Å². The lowest BCUT2D eigenvalue weighted by Crippen LogP contribution is -2.17. The van der Waals surface area contributed by atoms with E-state index >= 15 is 0 Å². The molecule has 0 bridgehead atoms. The van der Waals surface area contributed by atoms with E-state index in [2.05, 4.69) is 18.2 Å².